The lowest BCUT2D eigenvalue weighted by Gasteiger charge is -2.20. The van der Waals surface area contributed by atoms with Crippen LogP contribution in [0.1, 0.15) is 40.5 Å². The van der Waals surface area contributed by atoms with E-state index in [4.69, 9.17) is 5.11 Å². The lowest BCUT2D eigenvalue weighted by molar-refractivity contribution is -0.143. The van der Waals surface area contributed by atoms with E-state index in [1.165, 1.54) is 0 Å². The van der Waals surface area contributed by atoms with Crippen molar-refractivity contribution in [2.75, 3.05) is 6.54 Å². The van der Waals surface area contributed by atoms with E-state index in [-0.39, 0.29) is 11.8 Å². The summed E-state index contributed by atoms with van der Waals surface area (Å²) in [6, 6.07) is -0.459. The van der Waals surface area contributed by atoms with Crippen LogP contribution in [0.15, 0.2) is 0 Å². The second kappa shape index (κ2) is 8.06. The molecule has 0 aromatic carbocycles. The zero-order valence-electron chi connectivity index (χ0n) is 11.1. The van der Waals surface area contributed by atoms with E-state index >= 15 is 0 Å². The van der Waals surface area contributed by atoms with Crippen molar-refractivity contribution >= 4 is 11.9 Å². The van der Waals surface area contributed by atoms with Crippen LogP contribution in [0.3, 0.4) is 0 Å². The van der Waals surface area contributed by atoms with Gasteiger partial charge in [-0.1, -0.05) is 34.1 Å². The summed E-state index contributed by atoms with van der Waals surface area (Å²) in [5, 5.41) is 14.7. The Morgan fingerprint density at radius 2 is 1.82 bits per heavy atom. The first kappa shape index (κ1) is 15.9. The van der Waals surface area contributed by atoms with Gasteiger partial charge < -0.3 is 15.7 Å². The van der Waals surface area contributed by atoms with Gasteiger partial charge in [-0.3, -0.25) is 4.79 Å². The zero-order valence-corrected chi connectivity index (χ0v) is 11.1. The molecule has 17 heavy (non-hydrogen) atoms. The highest BCUT2D eigenvalue weighted by Gasteiger charge is 2.24. The average molecular weight is 244 g/mol. The lowest BCUT2D eigenvalue weighted by atomic mass is 9.99. The molecule has 5 heteroatoms. The van der Waals surface area contributed by atoms with Crippen molar-refractivity contribution in [3.8, 4) is 0 Å². The Morgan fingerprint density at radius 1 is 1.24 bits per heavy atom. The molecule has 0 heterocycles. The fourth-order valence-electron chi connectivity index (χ4n) is 1.40. The number of rotatable bonds is 8. The molecule has 0 aromatic rings. The maximum Gasteiger partial charge on any atom is 0.326 e. The number of carbonyl (C=O) groups is 2. The molecule has 1 unspecified atom stereocenters. The maximum absolute atomic E-state index is 11.5. The van der Waals surface area contributed by atoms with Crippen LogP contribution >= 0.6 is 0 Å². The third-order valence-electron chi connectivity index (χ3n) is 2.70. The number of amides is 1. The summed E-state index contributed by atoms with van der Waals surface area (Å²) in [6.07, 6.45) is 1.03. The number of hydrogen-bond acceptors (Lipinski definition) is 3. The predicted octanol–water partition coefficient (Wildman–Crippen LogP) is 0.990. The molecule has 5 nitrogen and oxygen atoms in total. The van der Waals surface area contributed by atoms with Gasteiger partial charge in [0.25, 0.3) is 0 Å². The highest BCUT2D eigenvalue weighted by molar-refractivity contribution is 5.83. The van der Waals surface area contributed by atoms with Gasteiger partial charge >= 0.3 is 5.97 Å². The van der Waals surface area contributed by atoms with Crippen molar-refractivity contribution in [3.05, 3.63) is 0 Å². The third kappa shape index (κ3) is 6.94. The minimum Gasteiger partial charge on any atom is -0.480 e. The first-order valence-electron chi connectivity index (χ1n) is 6.14. The first-order valence-corrected chi connectivity index (χ1v) is 6.14. The quantitative estimate of drug-likeness (QED) is 0.595. The van der Waals surface area contributed by atoms with Crippen molar-refractivity contribution in [2.24, 2.45) is 5.92 Å². The molecular weight excluding hydrogens is 220 g/mol. The Kier molecular flexibility index (Phi) is 7.54. The molecule has 0 bridgehead atoms. The summed E-state index contributed by atoms with van der Waals surface area (Å²) < 4.78 is 0. The van der Waals surface area contributed by atoms with Crippen LogP contribution in [0, 0.1) is 5.92 Å². The maximum atomic E-state index is 11.5. The van der Waals surface area contributed by atoms with E-state index in [1.807, 2.05) is 27.7 Å². The third-order valence-corrected chi connectivity index (χ3v) is 2.70. The van der Waals surface area contributed by atoms with Gasteiger partial charge in [-0.2, -0.15) is 0 Å². The molecule has 0 fully saturated rings. The molecule has 2 atom stereocenters. The van der Waals surface area contributed by atoms with Gasteiger partial charge in [-0.05, 0) is 5.92 Å². The monoisotopic (exact) mass is 244 g/mol. The summed E-state index contributed by atoms with van der Waals surface area (Å²) in [4.78, 5) is 22.5. The fraction of sp³-hybridized carbons (Fsp3) is 0.833. The standard InChI is InChI=1S/C12H24N2O3/c1-5-9(4)11(12(16)17)14-10(15)6-7-13-8(2)3/h8-9,11,13H,5-7H2,1-4H3,(H,14,15)(H,16,17)/t9?,11-/m0/s1. The second-order valence-corrected chi connectivity index (χ2v) is 4.63. The molecule has 0 radical (unpaired) electrons. The van der Waals surface area contributed by atoms with Crippen LogP contribution < -0.4 is 10.6 Å². The van der Waals surface area contributed by atoms with Crippen molar-refractivity contribution in [2.45, 2.75) is 52.6 Å². The first-order chi connectivity index (χ1) is 7.88. The van der Waals surface area contributed by atoms with Gasteiger partial charge in [0, 0.05) is 19.0 Å². The second-order valence-electron chi connectivity index (χ2n) is 4.63. The highest BCUT2D eigenvalue weighted by Crippen LogP contribution is 2.07. The molecule has 3 N–H and O–H groups in total. The molecule has 0 aliphatic carbocycles. The van der Waals surface area contributed by atoms with Gasteiger partial charge in [-0.15, -0.1) is 0 Å². The largest absolute Gasteiger partial charge is 0.480 e. The fourth-order valence-corrected chi connectivity index (χ4v) is 1.40. The van der Waals surface area contributed by atoms with Gasteiger partial charge in [0.2, 0.25) is 5.91 Å². The van der Waals surface area contributed by atoms with Gasteiger partial charge in [-0.25, -0.2) is 4.79 Å². The van der Waals surface area contributed by atoms with Crippen LogP contribution in [0.25, 0.3) is 0 Å². The van der Waals surface area contributed by atoms with E-state index in [1.54, 1.807) is 0 Å². The van der Waals surface area contributed by atoms with Crippen molar-refractivity contribution in [1.29, 1.82) is 0 Å². The van der Waals surface area contributed by atoms with E-state index in [2.05, 4.69) is 10.6 Å². The summed E-state index contributed by atoms with van der Waals surface area (Å²) >= 11 is 0. The van der Waals surface area contributed by atoms with Gasteiger partial charge in [0.1, 0.15) is 6.04 Å². The van der Waals surface area contributed by atoms with Crippen molar-refractivity contribution in [1.82, 2.24) is 10.6 Å². The Bertz CT molecular complexity index is 254. The molecule has 0 aliphatic rings. The average Bonchev–Trinajstić information content (AvgIpc) is 2.24. The highest BCUT2D eigenvalue weighted by atomic mass is 16.4. The van der Waals surface area contributed by atoms with Crippen LogP contribution in [-0.4, -0.2) is 35.6 Å². The van der Waals surface area contributed by atoms with Gasteiger partial charge in [0.15, 0.2) is 0 Å². The van der Waals surface area contributed by atoms with Crippen molar-refractivity contribution in [3.63, 3.8) is 0 Å². The number of nitrogens with one attached hydrogen (secondary N) is 2. The smallest absolute Gasteiger partial charge is 0.326 e. The lowest BCUT2D eigenvalue weighted by Crippen LogP contribution is -2.45. The molecule has 0 aliphatic heterocycles. The van der Waals surface area contributed by atoms with E-state index in [9.17, 15) is 9.59 Å². The Hall–Kier alpha value is -1.10. The minimum absolute atomic E-state index is 0.0606. The number of carbonyl (C=O) groups excluding carboxylic acids is 1. The summed E-state index contributed by atoms with van der Waals surface area (Å²) in [5.41, 5.74) is 0. The molecule has 0 saturated carbocycles. The predicted molar refractivity (Wildman–Crippen MR) is 66.8 cm³/mol. The molecular formula is C12H24N2O3. The molecule has 0 spiro atoms. The number of carboxylic acid groups (broad SMARTS) is 1. The summed E-state index contributed by atoms with van der Waals surface area (Å²) in [6.45, 7) is 8.29. The number of carboxylic acids is 1. The number of aliphatic carboxylic acids is 1. The topological polar surface area (TPSA) is 78.4 Å². The molecule has 0 saturated heterocycles. The SMILES string of the molecule is CCC(C)[C@H](NC(=O)CCNC(C)C)C(=O)O. The normalized spacial score (nSPS) is 14.4. The van der Waals surface area contributed by atoms with Crippen LogP contribution in [0.5, 0.6) is 0 Å². The summed E-state index contributed by atoms with van der Waals surface area (Å²) in [7, 11) is 0. The molecule has 0 aromatic heterocycles. The summed E-state index contributed by atoms with van der Waals surface area (Å²) in [5.74, 6) is -1.25. The Balaban J connectivity index is 4.09. The molecule has 1 amide bonds. The van der Waals surface area contributed by atoms with Crippen LogP contribution in [0.2, 0.25) is 0 Å². The zero-order chi connectivity index (χ0) is 13.4. The number of hydrogen-bond donors (Lipinski definition) is 3. The van der Waals surface area contributed by atoms with Crippen molar-refractivity contribution < 1.29 is 14.7 Å². The van der Waals surface area contributed by atoms with E-state index in [0.717, 1.165) is 6.42 Å². The Morgan fingerprint density at radius 3 is 2.24 bits per heavy atom. The Labute approximate surface area is 103 Å². The van der Waals surface area contributed by atoms with E-state index in [0.29, 0.717) is 19.0 Å². The van der Waals surface area contributed by atoms with Crippen LogP contribution in [-0.2, 0) is 9.59 Å². The van der Waals surface area contributed by atoms with E-state index < -0.39 is 12.0 Å². The van der Waals surface area contributed by atoms with Gasteiger partial charge in [0.05, 0.1) is 0 Å². The van der Waals surface area contributed by atoms with Crippen LogP contribution in [0.4, 0.5) is 0 Å². The minimum atomic E-state index is -0.968. The molecule has 100 valence electrons. The molecule has 0 rings (SSSR count).